The number of piperazine rings is 1. The summed E-state index contributed by atoms with van der Waals surface area (Å²) in [7, 11) is 0. The molecule has 1 saturated heterocycles. The van der Waals surface area contributed by atoms with Crippen molar-refractivity contribution in [1.82, 2.24) is 5.32 Å². The van der Waals surface area contributed by atoms with Crippen LogP contribution in [0.15, 0.2) is 24.3 Å². The number of benzene rings is 1. The Labute approximate surface area is 78.0 Å². The topological polar surface area (TPSA) is 35.2 Å². The molecule has 1 aliphatic heterocycles. The second-order valence-electron chi connectivity index (χ2n) is 3.23. The Kier molecular flexibility index (Phi) is 2.36. The monoisotopic (exact) mass is 177 g/mol. The Morgan fingerprint density at radius 2 is 1.69 bits per heavy atom. The first-order valence-corrected chi connectivity index (χ1v) is 4.59. The number of nitrogens with one attached hydrogen (secondary N) is 1. The smallest absolute Gasteiger partial charge is 0.178 e. The summed E-state index contributed by atoms with van der Waals surface area (Å²) in [5.41, 5.74) is 1.15. The summed E-state index contributed by atoms with van der Waals surface area (Å²) in [6, 6.07) is 7.04. The molecular weight excluding hydrogens is 164 g/mol. The van der Waals surface area contributed by atoms with E-state index in [0.717, 1.165) is 31.9 Å². The lowest BCUT2D eigenvalue weighted by molar-refractivity contribution is 0.355. The standard InChI is InChI=1S/C10H13N2O/c13-10-3-1-9(2-4-10)12-7-5-11-6-8-12/h1-4,11H,5-8H2. The van der Waals surface area contributed by atoms with Gasteiger partial charge in [-0.2, -0.15) is 0 Å². The number of rotatable bonds is 1. The molecule has 3 nitrogen and oxygen atoms in total. The highest BCUT2D eigenvalue weighted by molar-refractivity contribution is 5.49. The number of hydrogen-bond donors (Lipinski definition) is 1. The van der Waals surface area contributed by atoms with E-state index in [9.17, 15) is 5.11 Å². The molecule has 0 unspecified atom stereocenters. The fourth-order valence-corrected chi connectivity index (χ4v) is 1.58. The van der Waals surface area contributed by atoms with E-state index >= 15 is 0 Å². The van der Waals surface area contributed by atoms with E-state index in [4.69, 9.17) is 0 Å². The van der Waals surface area contributed by atoms with Gasteiger partial charge in [-0.25, -0.2) is 0 Å². The third-order valence-electron chi connectivity index (χ3n) is 2.32. The summed E-state index contributed by atoms with van der Waals surface area (Å²) in [5.74, 6) is 0.0823. The van der Waals surface area contributed by atoms with Gasteiger partial charge in [0.15, 0.2) is 5.75 Å². The van der Waals surface area contributed by atoms with Crippen molar-refractivity contribution in [3.8, 4) is 5.75 Å². The van der Waals surface area contributed by atoms with Crippen LogP contribution < -0.4 is 10.2 Å². The van der Waals surface area contributed by atoms with Gasteiger partial charge >= 0.3 is 0 Å². The van der Waals surface area contributed by atoms with Crippen LogP contribution in [0.4, 0.5) is 5.69 Å². The summed E-state index contributed by atoms with van der Waals surface area (Å²) >= 11 is 0. The van der Waals surface area contributed by atoms with Gasteiger partial charge in [0.1, 0.15) is 0 Å². The zero-order valence-corrected chi connectivity index (χ0v) is 7.49. The van der Waals surface area contributed by atoms with Crippen molar-refractivity contribution in [3.63, 3.8) is 0 Å². The summed E-state index contributed by atoms with van der Waals surface area (Å²) in [4.78, 5) is 2.29. The van der Waals surface area contributed by atoms with E-state index in [1.54, 1.807) is 12.1 Å². The molecule has 3 heteroatoms. The molecule has 0 aliphatic carbocycles. The summed E-state index contributed by atoms with van der Waals surface area (Å²) in [6.45, 7) is 4.11. The number of nitrogens with zero attached hydrogens (tertiary/aromatic N) is 1. The minimum atomic E-state index is 0.0823. The first-order chi connectivity index (χ1) is 6.36. The van der Waals surface area contributed by atoms with Crippen LogP contribution in [0.1, 0.15) is 0 Å². The molecule has 69 valence electrons. The normalized spacial score (nSPS) is 17.4. The van der Waals surface area contributed by atoms with Gasteiger partial charge in [0, 0.05) is 31.9 Å². The molecular formula is C10H13N2O. The first-order valence-electron chi connectivity index (χ1n) is 4.59. The van der Waals surface area contributed by atoms with Gasteiger partial charge in [0.25, 0.3) is 0 Å². The van der Waals surface area contributed by atoms with E-state index in [1.165, 1.54) is 0 Å². The predicted molar refractivity (Wildman–Crippen MR) is 51.7 cm³/mol. The molecule has 1 aromatic carbocycles. The van der Waals surface area contributed by atoms with Gasteiger partial charge in [-0.15, -0.1) is 0 Å². The van der Waals surface area contributed by atoms with Crippen molar-refractivity contribution in [2.75, 3.05) is 31.1 Å². The van der Waals surface area contributed by atoms with E-state index in [1.807, 2.05) is 12.1 Å². The highest BCUT2D eigenvalue weighted by Crippen LogP contribution is 2.18. The van der Waals surface area contributed by atoms with Crippen molar-refractivity contribution < 1.29 is 5.11 Å². The van der Waals surface area contributed by atoms with Crippen LogP contribution in [0.3, 0.4) is 0 Å². The molecule has 0 saturated carbocycles. The van der Waals surface area contributed by atoms with Gasteiger partial charge in [-0.3, -0.25) is 5.11 Å². The summed E-state index contributed by atoms with van der Waals surface area (Å²) in [6.07, 6.45) is 0. The fraction of sp³-hybridized carbons (Fsp3) is 0.400. The zero-order chi connectivity index (χ0) is 9.10. The number of anilines is 1. The molecule has 1 N–H and O–H groups in total. The summed E-state index contributed by atoms with van der Waals surface area (Å²) < 4.78 is 0. The molecule has 13 heavy (non-hydrogen) atoms. The van der Waals surface area contributed by atoms with Gasteiger partial charge in [-0.1, -0.05) is 0 Å². The minimum Gasteiger partial charge on any atom is -0.369 e. The summed E-state index contributed by atoms with van der Waals surface area (Å²) in [5, 5.41) is 14.2. The van der Waals surface area contributed by atoms with Crippen LogP contribution in [0.25, 0.3) is 0 Å². The lowest BCUT2D eigenvalue weighted by Crippen LogP contribution is -2.43. The average Bonchev–Trinajstić information content (AvgIpc) is 2.20. The van der Waals surface area contributed by atoms with Crippen LogP contribution in [0.5, 0.6) is 5.75 Å². The molecule has 1 heterocycles. The molecule has 1 radical (unpaired) electrons. The quantitative estimate of drug-likeness (QED) is 0.700. The van der Waals surface area contributed by atoms with Crippen molar-refractivity contribution in [3.05, 3.63) is 24.3 Å². The van der Waals surface area contributed by atoms with Gasteiger partial charge < -0.3 is 10.2 Å². The molecule has 0 atom stereocenters. The maximum atomic E-state index is 10.9. The van der Waals surface area contributed by atoms with Crippen LogP contribution in [-0.2, 0) is 5.11 Å². The maximum Gasteiger partial charge on any atom is 0.178 e. The molecule has 2 rings (SSSR count). The van der Waals surface area contributed by atoms with E-state index in [0.29, 0.717) is 0 Å². The van der Waals surface area contributed by atoms with Crippen LogP contribution in [-0.4, -0.2) is 26.2 Å². The molecule has 0 amide bonds. The second kappa shape index (κ2) is 3.66. The lowest BCUT2D eigenvalue weighted by Gasteiger charge is -2.29. The van der Waals surface area contributed by atoms with E-state index in [2.05, 4.69) is 10.2 Å². The first kappa shape index (κ1) is 8.38. The van der Waals surface area contributed by atoms with Crippen molar-refractivity contribution in [2.24, 2.45) is 0 Å². The van der Waals surface area contributed by atoms with Crippen molar-refractivity contribution in [2.45, 2.75) is 0 Å². The van der Waals surface area contributed by atoms with E-state index < -0.39 is 0 Å². The fourth-order valence-electron chi connectivity index (χ4n) is 1.58. The lowest BCUT2D eigenvalue weighted by atomic mass is 10.2. The Hall–Kier alpha value is -1.22. The van der Waals surface area contributed by atoms with Crippen molar-refractivity contribution in [1.29, 1.82) is 0 Å². The zero-order valence-electron chi connectivity index (χ0n) is 7.49. The predicted octanol–water partition coefficient (Wildman–Crippen LogP) is 1.24. The van der Waals surface area contributed by atoms with E-state index in [-0.39, 0.29) is 5.75 Å². The third kappa shape index (κ3) is 1.92. The Morgan fingerprint density at radius 3 is 2.31 bits per heavy atom. The average molecular weight is 177 g/mol. The van der Waals surface area contributed by atoms with Gasteiger partial charge in [0.2, 0.25) is 0 Å². The Balaban J connectivity index is 2.10. The minimum absolute atomic E-state index is 0.0823. The van der Waals surface area contributed by atoms with Gasteiger partial charge in [-0.05, 0) is 24.3 Å². The maximum absolute atomic E-state index is 10.9. The van der Waals surface area contributed by atoms with Crippen LogP contribution >= 0.6 is 0 Å². The molecule has 0 aromatic heterocycles. The molecule has 0 bridgehead atoms. The molecule has 0 spiro atoms. The van der Waals surface area contributed by atoms with Crippen molar-refractivity contribution >= 4 is 5.69 Å². The Morgan fingerprint density at radius 1 is 1.08 bits per heavy atom. The van der Waals surface area contributed by atoms with Crippen LogP contribution in [0.2, 0.25) is 0 Å². The second-order valence-corrected chi connectivity index (χ2v) is 3.23. The van der Waals surface area contributed by atoms with Crippen LogP contribution in [0, 0.1) is 0 Å². The molecule has 1 fully saturated rings. The molecule has 1 aromatic rings. The SMILES string of the molecule is [O]c1ccc(N2CCNCC2)cc1. The number of hydrogen-bond acceptors (Lipinski definition) is 2. The highest BCUT2D eigenvalue weighted by atomic mass is 16.3. The Bertz CT molecular complexity index is 265. The highest BCUT2D eigenvalue weighted by Gasteiger charge is 2.09. The largest absolute Gasteiger partial charge is 0.369 e. The molecule has 1 aliphatic rings. The van der Waals surface area contributed by atoms with Gasteiger partial charge in [0.05, 0.1) is 0 Å². The third-order valence-corrected chi connectivity index (χ3v) is 2.32.